The van der Waals surface area contributed by atoms with Crippen LogP contribution in [0.25, 0.3) is 0 Å². The second kappa shape index (κ2) is 22.5. The van der Waals surface area contributed by atoms with E-state index in [4.69, 9.17) is 0 Å². The maximum Gasteiger partial charge on any atom is 0.460 e. The standard InChI is InChI=1S/C37H19F51OSi/c38-14(39,17(44,45)20(50,51)23(56,57)26(62,63)29(68,69)32(74,75)35(80,81)82)5-8-90(13-3-1-12(11-89)2-4-13,9-6-15(40,41)18(46,47)21(52,53)24(58,59)27(64,65)30(70,71)33(76,77)36(83,84)85)10-7-16(42,43)19(48,49)22(54,55)25(60,61)28(66,67)31(72,73)34(78,79)37(86,87)88/h1-4,89H,5-11H2. The monoisotopic (exact) mass is 1480 g/mol. The summed E-state index contributed by atoms with van der Waals surface area (Å²) < 4.78 is 717. The topological polar surface area (TPSA) is 20.2 Å². The van der Waals surface area contributed by atoms with Gasteiger partial charge in [0.05, 0.1) is 14.7 Å². The van der Waals surface area contributed by atoms with Crippen LogP contribution in [0.1, 0.15) is 24.8 Å². The lowest BCUT2D eigenvalue weighted by atomic mass is 9.88. The van der Waals surface area contributed by atoms with E-state index in [2.05, 4.69) is 0 Å². The Morgan fingerprint density at radius 2 is 0.356 bits per heavy atom. The Kier molecular flexibility index (Phi) is 20.9. The van der Waals surface area contributed by atoms with Crippen LogP contribution in [0, 0.1) is 0 Å². The minimum Gasteiger partial charge on any atom is -0.392 e. The molecule has 0 aromatic heterocycles. The Hall–Kier alpha value is -4.17. The van der Waals surface area contributed by atoms with E-state index in [9.17, 15) is 176 Å². The van der Waals surface area contributed by atoms with E-state index in [-0.39, 0.29) is 12.1 Å². The van der Waals surface area contributed by atoms with Crippen LogP contribution in [0.5, 0.6) is 0 Å². The smallest absolute Gasteiger partial charge is 0.392 e. The molecule has 0 heterocycles. The fourth-order valence-electron chi connectivity index (χ4n) is 7.02. The van der Waals surface area contributed by atoms with Gasteiger partial charge in [0, 0.05) is 19.3 Å². The Morgan fingerprint density at radius 3 is 0.500 bits per heavy atom. The first-order valence-electron chi connectivity index (χ1n) is 21.3. The molecular weight excluding hydrogens is 1460 g/mol. The zero-order chi connectivity index (χ0) is 73.4. The average molecular weight is 1480 g/mol. The van der Waals surface area contributed by atoms with Crippen molar-refractivity contribution in [3.63, 3.8) is 0 Å². The fourth-order valence-corrected chi connectivity index (χ4v) is 11.9. The van der Waals surface area contributed by atoms with Crippen LogP contribution in [0.4, 0.5) is 224 Å². The first-order chi connectivity index (χ1) is 38.4. The minimum atomic E-state index is -9.70. The van der Waals surface area contributed by atoms with Crippen LogP contribution < -0.4 is 5.19 Å². The lowest BCUT2D eigenvalue weighted by Gasteiger charge is -2.44. The third kappa shape index (κ3) is 11.5. The van der Waals surface area contributed by atoms with Gasteiger partial charge in [-0.1, -0.05) is 29.5 Å². The third-order valence-electron chi connectivity index (χ3n) is 12.9. The average Bonchev–Trinajstić information content (AvgIpc) is 3.34. The molecule has 90 heavy (non-hydrogen) atoms. The summed E-state index contributed by atoms with van der Waals surface area (Å²) in [5.41, 5.74) is -1.10. The zero-order valence-electron chi connectivity index (χ0n) is 40.5. The summed E-state index contributed by atoms with van der Waals surface area (Å²) in [5.74, 6) is -194. The summed E-state index contributed by atoms with van der Waals surface area (Å²) in [6.45, 7) is -1.72. The number of benzene rings is 1. The molecule has 53 heteroatoms. The molecule has 1 rings (SSSR count). The molecule has 0 fully saturated rings. The molecule has 0 aliphatic heterocycles. The Morgan fingerprint density at radius 1 is 0.211 bits per heavy atom. The molecule has 0 spiro atoms. The van der Waals surface area contributed by atoms with Crippen molar-refractivity contribution in [1.29, 1.82) is 0 Å². The first kappa shape index (κ1) is 83.8. The summed E-state index contributed by atoms with van der Waals surface area (Å²) in [5, 5.41) is 6.83. The van der Waals surface area contributed by atoms with Crippen molar-refractivity contribution >= 4 is 13.3 Å². The van der Waals surface area contributed by atoms with Crippen molar-refractivity contribution < 1.29 is 229 Å². The van der Waals surface area contributed by atoms with Gasteiger partial charge in [0.2, 0.25) is 0 Å². The number of alkyl halides is 51. The number of hydrogen-bond donors (Lipinski definition) is 1. The van der Waals surface area contributed by atoms with Crippen LogP contribution >= 0.6 is 0 Å². The van der Waals surface area contributed by atoms with Gasteiger partial charge in [0.1, 0.15) is 0 Å². The van der Waals surface area contributed by atoms with Crippen molar-refractivity contribution in [2.45, 2.75) is 187 Å². The lowest BCUT2D eigenvalue weighted by molar-refractivity contribution is -0.461. The molecule has 1 nitrogen and oxygen atoms in total. The van der Waals surface area contributed by atoms with Crippen LogP contribution in [-0.4, -0.2) is 156 Å². The second-order valence-electron chi connectivity index (χ2n) is 18.6. The van der Waals surface area contributed by atoms with Crippen molar-refractivity contribution in [3.05, 3.63) is 29.8 Å². The first-order valence-corrected chi connectivity index (χ1v) is 23.9. The van der Waals surface area contributed by atoms with Crippen LogP contribution in [0.2, 0.25) is 18.1 Å². The van der Waals surface area contributed by atoms with E-state index >= 15 is 52.7 Å². The quantitative estimate of drug-likeness (QED) is 0.0626. The van der Waals surface area contributed by atoms with E-state index in [0.29, 0.717) is 0 Å². The molecule has 0 amide bonds. The van der Waals surface area contributed by atoms with Gasteiger partial charge in [-0.25, -0.2) is 0 Å². The predicted molar refractivity (Wildman–Crippen MR) is 188 cm³/mol. The zero-order valence-corrected chi connectivity index (χ0v) is 41.5. The molecule has 0 saturated carbocycles. The number of hydrogen-bond acceptors (Lipinski definition) is 1. The maximum atomic E-state index is 15.4. The van der Waals surface area contributed by atoms with E-state index in [0.717, 1.165) is 0 Å². The summed E-state index contributed by atoms with van der Waals surface area (Å²) in [6, 6.07) is -13.2. The SMILES string of the molecule is OCc1ccc([Si](CCC(F)(F)C(F)(F)C(F)(F)C(F)(F)C(F)(F)C(F)(F)C(F)(F)C(F)(F)F)(CCC(F)(F)C(F)(F)C(F)(F)C(F)(F)C(F)(F)C(F)(F)C(F)(F)C(F)(F)F)CCC(F)(F)C(F)(F)C(F)(F)C(F)(F)C(F)(F)C(F)(F)C(F)(F)C(F)(F)F)cc1. The number of rotatable bonds is 29. The second-order valence-corrected chi connectivity index (χ2v) is 23.2. The van der Waals surface area contributed by atoms with Crippen LogP contribution in [-0.2, 0) is 6.61 Å². The van der Waals surface area contributed by atoms with E-state index in [1.807, 2.05) is 0 Å². The molecular formula is C37H19F51OSi. The van der Waals surface area contributed by atoms with E-state index < -0.39 is 218 Å². The molecule has 0 aliphatic rings. The largest absolute Gasteiger partial charge is 0.460 e. The summed E-state index contributed by atoms with van der Waals surface area (Å²) in [4.78, 5) is 0. The highest BCUT2D eigenvalue weighted by atomic mass is 28.3. The number of halogens is 51. The van der Waals surface area contributed by atoms with Crippen molar-refractivity contribution in [2.75, 3.05) is 0 Å². The van der Waals surface area contributed by atoms with Gasteiger partial charge in [-0.05, 0) is 23.7 Å². The Bertz CT molecular complexity index is 2380. The van der Waals surface area contributed by atoms with Gasteiger partial charge < -0.3 is 5.11 Å². The summed E-state index contributed by atoms with van der Waals surface area (Å²) in [7, 11) is -7.72. The van der Waals surface area contributed by atoms with E-state index in [1.54, 1.807) is 0 Å². The minimum absolute atomic E-state index is 0.252. The van der Waals surface area contributed by atoms with Gasteiger partial charge in [-0.15, -0.1) is 0 Å². The molecule has 1 aromatic carbocycles. The molecule has 534 valence electrons. The van der Waals surface area contributed by atoms with Crippen LogP contribution in [0.3, 0.4) is 0 Å². The number of aliphatic hydroxyl groups is 1. The number of aliphatic hydroxyl groups excluding tert-OH is 1. The van der Waals surface area contributed by atoms with Gasteiger partial charge in [0.15, 0.2) is 0 Å². The lowest BCUT2D eigenvalue weighted by Crippen LogP contribution is -2.74. The third-order valence-corrected chi connectivity index (χ3v) is 18.0. The Balaban J connectivity index is 4.74. The summed E-state index contributed by atoms with van der Waals surface area (Å²) >= 11 is 0. The van der Waals surface area contributed by atoms with E-state index in [1.165, 1.54) is 0 Å². The van der Waals surface area contributed by atoms with Crippen molar-refractivity contribution in [1.82, 2.24) is 0 Å². The van der Waals surface area contributed by atoms with Gasteiger partial charge in [-0.3, -0.25) is 0 Å². The fraction of sp³-hybridized carbons (Fsp3) is 0.838. The summed E-state index contributed by atoms with van der Waals surface area (Å²) in [6.07, 6.45) is -39.1. The molecule has 0 unspecified atom stereocenters. The molecule has 0 aliphatic carbocycles. The van der Waals surface area contributed by atoms with Gasteiger partial charge in [0.25, 0.3) is 0 Å². The molecule has 0 saturated heterocycles. The molecule has 0 atom stereocenters. The highest BCUT2D eigenvalue weighted by molar-refractivity contribution is 6.92. The van der Waals surface area contributed by atoms with Crippen molar-refractivity contribution in [3.8, 4) is 0 Å². The molecule has 1 N–H and O–H groups in total. The van der Waals surface area contributed by atoms with Crippen molar-refractivity contribution in [2.24, 2.45) is 0 Å². The maximum absolute atomic E-state index is 15.4. The van der Waals surface area contributed by atoms with Gasteiger partial charge in [-0.2, -0.15) is 224 Å². The predicted octanol–water partition coefficient (Wildman–Crippen LogP) is 19.0. The highest BCUT2D eigenvalue weighted by Crippen LogP contribution is 2.69. The Labute approximate surface area is 459 Å². The molecule has 0 bridgehead atoms. The van der Waals surface area contributed by atoms with Crippen LogP contribution in [0.15, 0.2) is 24.3 Å². The molecule has 0 radical (unpaired) electrons. The highest BCUT2D eigenvalue weighted by Gasteiger charge is 2.99. The molecule has 1 aromatic rings. The normalized spacial score (nSPS) is 16.8. The van der Waals surface area contributed by atoms with Gasteiger partial charge >= 0.3 is 143 Å².